The van der Waals surface area contributed by atoms with Crippen molar-refractivity contribution < 1.29 is 4.79 Å². The number of para-hydroxylation sites is 1. The molecule has 1 fully saturated rings. The van der Waals surface area contributed by atoms with E-state index in [1.807, 2.05) is 56.1 Å². The van der Waals surface area contributed by atoms with Crippen LogP contribution in [0.15, 0.2) is 30.3 Å². The van der Waals surface area contributed by atoms with Crippen molar-refractivity contribution in [3.8, 4) is 0 Å². The average Bonchev–Trinajstić information content (AvgIpc) is 2.69. The number of hydrogen-bond donors (Lipinski definition) is 1. The number of amides is 1. The number of benzene rings is 1. The van der Waals surface area contributed by atoms with Crippen molar-refractivity contribution in [3.63, 3.8) is 0 Å². The topological polar surface area (TPSA) is 32.3 Å². The summed E-state index contributed by atoms with van der Waals surface area (Å²) >= 11 is 0. The third-order valence-electron chi connectivity index (χ3n) is 3.02. The van der Waals surface area contributed by atoms with Crippen LogP contribution in [0.2, 0.25) is 0 Å². The molecular weight excluding hydrogens is 212 g/mol. The van der Waals surface area contributed by atoms with Gasteiger partial charge in [-0.25, -0.2) is 0 Å². The van der Waals surface area contributed by atoms with Gasteiger partial charge in [-0.3, -0.25) is 4.79 Å². The summed E-state index contributed by atoms with van der Waals surface area (Å²) in [5, 5.41) is 3.21. The second kappa shape index (κ2) is 5.82. The molecule has 1 N–H and O–H groups in total. The largest absolute Gasteiger partial charge is 0.312 e. The number of carbonyl (C=O) groups excluding carboxylic acids is 1. The molecular formula is C14H22N2O. The van der Waals surface area contributed by atoms with Crippen molar-refractivity contribution in [1.82, 2.24) is 5.32 Å². The monoisotopic (exact) mass is 234 g/mol. The van der Waals surface area contributed by atoms with Crippen molar-refractivity contribution >= 4 is 11.6 Å². The first kappa shape index (κ1) is 13.7. The molecule has 1 amide bonds. The van der Waals surface area contributed by atoms with Crippen LogP contribution in [0, 0.1) is 0 Å². The molecule has 3 heteroatoms. The minimum Gasteiger partial charge on any atom is -0.312 e. The van der Waals surface area contributed by atoms with Crippen LogP contribution in [0.5, 0.6) is 0 Å². The molecule has 1 aromatic rings. The SMILES string of the molecule is CC.CNC1(C)CC(=O)N(c2ccccc2)C1. The number of rotatable bonds is 2. The molecule has 0 radical (unpaired) electrons. The van der Waals surface area contributed by atoms with Crippen LogP contribution in [0.1, 0.15) is 27.2 Å². The van der Waals surface area contributed by atoms with Crippen molar-refractivity contribution in [1.29, 1.82) is 0 Å². The van der Waals surface area contributed by atoms with Gasteiger partial charge in [0.05, 0.1) is 0 Å². The highest BCUT2D eigenvalue weighted by molar-refractivity contribution is 5.96. The van der Waals surface area contributed by atoms with Crippen molar-refractivity contribution in [3.05, 3.63) is 30.3 Å². The average molecular weight is 234 g/mol. The van der Waals surface area contributed by atoms with Crippen molar-refractivity contribution in [2.24, 2.45) is 0 Å². The number of carbonyl (C=O) groups is 1. The molecule has 1 unspecified atom stereocenters. The molecule has 17 heavy (non-hydrogen) atoms. The quantitative estimate of drug-likeness (QED) is 0.852. The summed E-state index contributed by atoms with van der Waals surface area (Å²) in [6, 6.07) is 9.81. The zero-order valence-corrected chi connectivity index (χ0v) is 11.2. The van der Waals surface area contributed by atoms with Crippen LogP contribution in [0.3, 0.4) is 0 Å². The zero-order valence-electron chi connectivity index (χ0n) is 11.2. The first-order valence-corrected chi connectivity index (χ1v) is 6.19. The summed E-state index contributed by atoms with van der Waals surface area (Å²) in [4.78, 5) is 13.7. The molecule has 2 rings (SSSR count). The Morgan fingerprint density at radius 3 is 2.29 bits per heavy atom. The minimum absolute atomic E-state index is 0.0904. The molecule has 1 aromatic carbocycles. The summed E-state index contributed by atoms with van der Waals surface area (Å²) < 4.78 is 0. The second-order valence-corrected chi connectivity index (χ2v) is 4.30. The Bertz CT molecular complexity index is 364. The molecule has 0 saturated carbocycles. The number of likely N-dealkylation sites (N-methyl/N-ethyl adjacent to an activating group) is 1. The van der Waals surface area contributed by atoms with Gasteiger partial charge in [-0.1, -0.05) is 32.0 Å². The molecule has 1 heterocycles. The highest BCUT2D eigenvalue weighted by Crippen LogP contribution is 2.26. The van der Waals surface area contributed by atoms with E-state index in [9.17, 15) is 4.79 Å². The summed E-state index contributed by atoms with van der Waals surface area (Å²) in [5.74, 6) is 0.193. The molecule has 0 aliphatic carbocycles. The molecule has 0 bridgehead atoms. The fourth-order valence-electron chi connectivity index (χ4n) is 1.93. The van der Waals surface area contributed by atoms with E-state index in [0.717, 1.165) is 12.2 Å². The van der Waals surface area contributed by atoms with Crippen LogP contribution in [-0.2, 0) is 4.79 Å². The molecule has 1 atom stereocenters. The van der Waals surface area contributed by atoms with E-state index in [2.05, 4.69) is 12.2 Å². The Balaban J connectivity index is 0.000000686. The molecule has 1 aliphatic rings. The van der Waals surface area contributed by atoms with Gasteiger partial charge in [-0.05, 0) is 26.1 Å². The van der Waals surface area contributed by atoms with Gasteiger partial charge in [-0.15, -0.1) is 0 Å². The lowest BCUT2D eigenvalue weighted by molar-refractivity contribution is -0.117. The number of nitrogens with one attached hydrogen (secondary N) is 1. The number of nitrogens with zero attached hydrogens (tertiary/aromatic N) is 1. The van der Waals surface area contributed by atoms with E-state index < -0.39 is 0 Å². The summed E-state index contributed by atoms with van der Waals surface area (Å²) in [5.41, 5.74) is 0.897. The molecule has 0 spiro atoms. The number of hydrogen-bond acceptors (Lipinski definition) is 2. The lowest BCUT2D eigenvalue weighted by atomic mass is 10.0. The highest BCUT2D eigenvalue weighted by Gasteiger charge is 2.38. The van der Waals surface area contributed by atoms with Gasteiger partial charge >= 0.3 is 0 Å². The Hall–Kier alpha value is -1.35. The minimum atomic E-state index is -0.0904. The summed E-state index contributed by atoms with van der Waals surface area (Å²) in [7, 11) is 1.90. The van der Waals surface area contributed by atoms with Gasteiger partial charge in [0.1, 0.15) is 0 Å². The lowest BCUT2D eigenvalue weighted by Crippen LogP contribution is -2.42. The van der Waals surface area contributed by atoms with Crippen LogP contribution in [0.4, 0.5) is 5.69 Å². The first-order chi connectivity index (χ1) is 8.14. The number of anilines is 1. The molecule has 94 valence electrons. The van der Waals surface area contributed by atoms with Crippen LogP contribution in [-0.4, -0.2) is 25.0 Å². The highest BCUT2D eigenvalue weighted by atomic mass is 16.2. The van der Waals surface area contributed by atoms with E-state index in [1.165, 1.54) is 0 Å². The zero-order chi connectivity index (χ0) is 12.9. The van der Waals surface area contributed by atoms with Crippen molar-refractivity contribution in [2.45, 2.75) is 32.7 Å². The van der Waals surface area contributed by atoms with E-state index in [1.54, 1.807) is 0 Å². The van der Waals surface area contributed by atoms with Gasteiger partial charge in [0, 0.05) is 24.2 Å². The van der Waals surface area contributed by atoms with Gasteiger partial charge in [-0.2, -0.15) is 0 Å². The van der Waals surface area contributed by atoms with E-state index in [4.69, 9.17) is 0 Å². The third kappa shape index (κ3) is 3.07. The summed E-state index contributed by atoms with van der Waals surface area (Å²) in [6.45, 7) is 6.82. The lowest BCUT2D eigenvalue weighted by Gasteiger charge is -2.23. The van der Waals surface area contributed by atoms with Crippen LogP contribution < -0.4 is 10.2 Å². The predicted molar refractivity (Wildman–Crippen MR) is 72.2 cm³/mol. The third-order valence-corrected chi connectivity index (χ3v) is 3.02. The van der Waals surface area contributed by atoms with Gasteiger partial charge < -0.3 is 10.2 Å². The Morgan fingerprint density at radius 1 is 1.24 bits per heavy atom. The van der Waals surface area contributed by atoms with E-state index in [-0.39, 0.29) is 11.4 Å². The molecule has 3 nitrogen and oxygen atoms in total. The Morgan fingerprint density at radius 2 is 1.82 bits per heavy atom. The molecule has 1 aliphatic heterocycles. The molecule has 1 saturated heterocycles. The second-order valence-electron chi connectivity index (χ2n) is 4.30. The Kier molecular flexibility index (Phi) is 4.70. The van der Waals surface area contributed by atoms with E-state index in [0.29, 0.717) is 6.42 Å². The first-order valence-electron chi connectivity index (χ1n) is 6.19. The normalized spacial score (nSPS) is 23.3. The van der Waals surface area contributed by atoms with Gasteiger partial charge in [0.2, 0.25) is 5.91 Å². The van der Waals surface area contributed by atoms with Gasteiger partial charge in [0.15, 0.2) is 0 Å². The maximum Gasteiger partial charge on any atom is 0.228 e. The van der Waals surface area contributed by atoms with E-state index >= 15 is 0 Å². The van der Waals surface area contributed by atoms with Crippen LogP contribution >= 0.6 is 0 Å². The fourth-order valence-corrected chi connectivity index (χ4v) is 1.93. The predicted octanol–water partition coefficient (Wildman–Crippen LogP) is 2.43. The smallest absolute Gasteiger partial charge is 0.228 e. The van der Waals surface area contributed by atoms with Gasteiger partial charge in [0.25, 0.3) is 0 Å². The van der Waals surface area contributed by atoms with Crippen molar-refractivity contribution in [2.75, 3.05) is 18.5 Å². The summed E-state index contributed by atoms with van der Waals surface area (Å²) in [6.07, 6.45) is 0.568. The standard InChI is InChI=1S/C12H16N2O.C2H6/c1-12(13-2)8-11(15)14(9-12)10-6-4-3-5-7-10;1-2/h3-7,13H,8-9H2,1-2H3;1-2H3. The maximum absolute atomic E-state index is 11.8. The van der Waals surface area contributed by atoms with Crippen LogP contribution in [0.25, 0.3) is 0 Å². The maximum atomic E-state index is 11.8. The Labute approximate surface area is 104 Å². The molecule has 0 aromatic heterocycles. The fraction of sp³-hybridized carbons (Fsp3) is 0.500.